The zero-order chi connectivity index (χ0) is 13.0. The predicted octanol–water partition coefficient (Wildman–Crippen LogP) is 2.00. The maximum absolute atomic E-state index is 10.9. The second kappa shape index (κ2) is 5.44. The maximum atomic E-state index is 10.9. The number of aromatic nitrogens is 3. The highest BCUT2D eigenvalue weighted by Crippen LogP contribution is 2.16. The molecule has 0 spiro atoms. The van der Waals surface area contributed by atoms with E-state index in [0.717, 1.165) is 17.9 Å². The van der Waals surface area contributed by atoms with Gasteiger partial charge in [0.2, 0.25) is 0 Å². The molecule has 2 heterocycles. The van der Waals surface area contributed by atoms with Crippen molar-refractivity contribution < 1.29 is 9.53 Å². The summed E-state index contributed by atoms with van der Waals surface area (Å²) < 4.78 is 7.60. The summed E-state index contributed by atoms with van der Waals surface area (Å²) in [5, 5.41) is 0. The third-order valence-electron chi connectivity index (χ3n) is 2.65. The molecule has 0 radical (unpaired) electrons. The van der Waals surface area contributed by atoms with Crippen LogP contribution in [0.15, 0.2) is 24.7 Å². The number of ether oxygens (including phenoxy) is 1. The number of nitrogens with zero attached hydrogens (tertiary/aromatic N) is 3. The number of carbonyl (C=O) groups is 1. The van der Waals surface area contributed by atoms with E-state index < -0.39 is 0 Å². The van der Waals surface area contributed by atoms with Gasteiger partial charge in [0.15, 0.2) is 6.29 Å². The summed E-state index contributed by atoms with van der Waals surface area (Å²) in [5.41, 5.74) is 2.09. The van der Waals surface area contributed by atoms with Crippen molar-refractivity contribution in [1.82, 2.24) is 14.5 Å². The van der Waals surface area contributed by atoms with Crippen molar-refractivity contribution in [2.75, 3.05) is 0 Å². The first-order chi connectivity index (χ1) is 8.74. The Kier molecular flexibility index (Phi) is 3.72. The van der Waals surface area contributed by atoms with Crippen molar-refractivity contribution in [3.05, 3.63) is 41.7 Å². The molecule has 0 aliphatic heterocycles. The molecule has 18 heavy (non-hydrogen) atoms. The minimum absolute atomic E-state index is 0.331. The molecule has 0 atom stereocenters. The van der Waals surface area contributed by atoms with Crippen LogP contribution in [0.1, 0.15) is 28.8 Å². The molecule has 0 N–H and O–H groups in total. The molecular formula is C13H15N3O2. The summed E-state index contributed by atoms with van der Waals surface area (Å²) in [6.07, 6.45) is 4.22. The van der Waals surface area contributed by atoms with Gasteiger partial charge in [-0.15, -0.1) is 0 Å². The van der Waals surface area contributed by atoms with E-state index in [2.05, 4.69) is 9.97 Å². The van der Waals surface area contributed by atoms with Gasteiger partial charge in [-0.3, -0.25) is 4.79 Å². The van der Waals surface area contributed by atoms with E-state index in [1.165, 1.54) is 0 Å². The van der Waals surface area contributed by atoms with Gasteiger partial charge in [0.25, 0.3) is 0 Å². The Labute approximate surface area is 105 Å². The molecule has 0 bridgehead atoms. The van der Waals surface area contributed by atoms with E-state index in [1.54, 1.807) is 18.6 Å². The van der Waals surface area contributed by atoms with Crippen LogP contribution < -0.4 is 4.74 Å². The number of carbonyl (C=O) groups excluding carboxylic acids is 1. The van der Waals surface area contributed by atoms with Gasteiger partial charge >= 0.3 is 0 Å². The Morgan fingerprint density at radius 3 is 3.00 bits per heavy atom. The minimum Gasteiger partial charge on any atom is -0.485 e. The molecule has 94 valence electrons. The van der Waals surface area contributed by atoms with Crippen LogP contribution in [0.3, 0.4) is 0 Å². The highest BCUT2D eigenvalue weighted by molar-refractivity contribution is 5.76. The number of imidazole rings is 1. The molecule has 0 unspecified atom stereocenters. The summed E-state index contributed by atoms with van der Waals surface area (Å²) in [4.78, 5) is 19.1. The Morgan fingerprint density at radius 1 is 1.44 bits per heavy atom. The average molecular weight is 245 g/mol. The zero-order valence-corrected chi connectivity index (χ0v) is 10.5. The third-order valence-corrected chi connectivity index (χ3v) is 2.65. The number of pyridine rings is 1. The molecule has 5 nitrogen and oxygen atoms in total. The molecule has 0 aliphatic rings. The molecule has 5 heteroatoms. The van der Waals surface area contributed by atoms with Gasteiger partial charge in [-0.05, 0) is 26.0 Å². The summed E-state index contributed by atoms with van der Waals surface area (Å²) in [7, 11) is 0. The van der Waals surface area contributed by atoms with Crippen molar-refractivity contribution in [1.29, 1.82) is 0 Å². The van der Waals surface area contributed by atoms with Crippen LogP contribution in [-0.4, -0.2) is 20.8 Å². The van der Waals surface area contributed by atoms with E-state index in [0.29, 0.717) is 24.3 Å². The fourth-order valence-corrected chi connectivity index (χ4v) is 1.68. The SMILES string of the molecule is CCn1cncc1COc1ccc(C)nc1C=O. The Balaban J connectivity index is 2.13. The smallest absolute Gasteiger partial charge is 0.172 e. The van der Waals surface area contributed by atoms with Gasteiger partial charge < -0.3 is 9.30 Å². The fourth-order valence-electron chi connectivity index (χ4n) is 1.68. The van der Waals surface area contributed by atoms with Crippen LogP contribution in [0, 0.1) is 6.92 Å². The molecule has 0 amide bonds. The van der Waals surface area contributed by atoms with E-state index in [4.69, 9.17) is 4.74 Å². The monoisotopic (exact) mass is 245 g/mol. The van der Waals surface area contributed by atoms with Crippen molar-refractivity contribution in [3.63, 3.8) is 0 Å². The van der Waals surface area contributed by atoms with Crippen molar-refractivity contribution in [3.8, 4) is 5.75 Å². The van der Waals surface area contributed by atoms with Crippen LogP contribution in [-0.2, 0) is 13.2 Å². The quantitative estimate of drug-likeness (QED) is 0.756. The van der Waals surface area contributed by atoms with Gasteiger partial charge in [-0.25, -0.2) is 9.97 Å². The normalized spacial score (nSPS) is 10.3. The summed E-state index contributed by atoms with van der Waals surface area (Å²) in [6.45, 7) is 5.09. The largest absolute Gasteiger partial charge is 0.485 e. The first-order valence-electron chi connectivity index (χ1n) is 5.79. The van der Waals surface area contributed by atoms with E-state index >= 15 is 0 Å². The fraction of sp³-hybridized carbons (Fsp3) is 0.308. The molecule has 2 aromatic heterocycles. The minimum atomic E-state index is 0.331. The average Bonchev–Trinajstić information content (AvgIpc) is 2.84. The van der Waals surface area contributed by atoms with Crippen LogP contribution in [0.2, 0.25) is 0 Å². The lowest BCUT2D eigenvalue weighted by Gasteiger charge is -2.09. The lowest BCUT2D eigenvalue weighted by Crippen LogP contribution is -2.05. The Hall–Kier alpha value is -2.17. The number of hydrogen-bond acceptors (Lipinski definition) is 4. The number of aryl methyl sites for hydroxylation is 2. The van der Waals surface area contributed by atoms with E-state index in [9.17, 15) is 4.79 Å². The van der Waals surface area contributed by atoms with E-state index in [1.807, 2.05) is 24.5 Å². The topological polar surface area (TPSA) is 57.0 Å². The van der Waals surface area contributed by atoms with Gasteiger partial charge in [-0.2, -0.15) is 0 Å². The second-order valence-electron chi connectivity index (χ2n) is 3.91. The molecule has 0 saturated heterocycles. The van der Waals surface area contributed by atoms with Crippen molar-refractivity contribution in [2.45, 2.75) is 27.0 Å². The molecule has 0 aromatic carbocycles. The van der Waals surface area contributed by atoms with Gasteiger partial charge in [0.05, 0.1) is 18.2 Å². The molecule has 2 aromatic rings. The zero-order valence-electron chi connectivity index (χ0n) is 10.5. The van der Waals surface area contributed by atoms with Crippen molar-refractivity contribution in [2.24, 2.45) is 0 Å². The molecule has 0 saturated carbocycles. The second-order valence-corrected chi connectivity index (χ2v) is 3.91. The summed E-state index contributed by atoms with van der Waals surface area (Å²) in [5.74, 6) is 0.499. The Morgan fingerprint density at radius 2 is 2.28 bits per heavy atom. The van der Waals surface area contributed by atoms with Crippen molar-refractivity contribution >= 4 is 6.29 Å². The highest BCUT2D eigenvalue weighted by atomic mass is 16.5. The maximum Gasteiger partial charge on any atom is 0.172 e. The number of aldehydes is 1. The molecule has 0 fully saturated rings. The van der Waals surface area contributed by atoms with E-state index in [-0.39, 0.29) is 0 Å². The molecular weight excluding hydrogens is 230 g/mol. The summed E-state index contributed by atoms with van der Waals surface area (Å²) >= 11 is 0. The first kappa shape index (κ1) is 12.3. The predicted molar refractivity (Wildman–Crippen MR) is 66.6 cm³/mol. The van der Waals surface area contributed by atoms with Crippen LogP contribution in [0.5, 0.6) is 5.75 Å². The van der Waals surface area contributed by atoms with Gasteiger partial charge in [-0.1, -0.05) is 0 Å². The Bertz CT molecular complexity index is 549. The third kappa shape index (κ3) is 2.56. The van der Waals surface area contributed by atoms with Crippen LogP contribution in [0.25, 0.3) is 0 Å². The summed E-state index contributed by atoms with van der Waals surface area (Å²) in [6, 6.07) is 3.58. The molecule has 2 rings (SSSR count). The molecule has 0 aliphatic carbocycles. The van der Waals surface area contributed by atoms with Gasteiger partial charge in [0, 0.05) is 12.2 Å². The lowest BCUT2D eigenvalue weighted by molar-refractivity contribution is 0.111. The lowest BCUT2D eigenvalue weighted by atomic mass is 10.3. The first-order valence-corrected chi connectivity index (χ1v) is 5.79. The number of rotatable bonds is 5. The highest BCUT2D eigenvalue weighted by Gasteiger charge is 2.07. The van der Waals surface area contributed by atoms with Crippen LogP contribution in [0.4, 0.5) is 0 Å². The standard InChI is InChI=1S/C13H15N3O2/c1-3-16-9-14-6-11(16)8-18-13-5-4-10(2)15-12(13)7-17/h4-7,9H,3,8H2,1-2H3. The van der Waals surface area contributed by atoms with Gasteiger partial charge in [0.1, 0.15) is 18.1 Å². The number of hydrogen-bond donors (Lipinski definition) is 0. The van der Waals surface area contributed by atoms with Crippen LogP contribution >= 0.6 is 0 Å².